The number of H-pyrrole nitrogens is 1. The summed E-state index contributed by atoms with van der Waals surface area (Å²) < 4.78 is 0. The van der Waals surface area contributed by atoms with E-state index in [1.807, 2.05) is 32.1 Å². The Morgan fingerprint density at radius 2 is 1.84 bits per heavy atom. The number of aryl methyl sites for hydroxylation is 2. The number of carbonyl (C=O) groups is 3. The molecule has 2 atom stereocenters. The Morgan fingerprint density at radius 1 is 1.02 bits per heavy atom. The van der Waals surface area contributed by atoms with Crippen LogP contribution >= 0.6 is 0 Å². The summed E-state index contributed by atoms with van der Waals surface area (Å²) in [6, 6.07) is 13.8. The van der Waals surface area contributed by atoms with Crippen LogP contribution in [0.2, 0.25) is 0 Å². The van der Waals surface area contributed by atoms with Gasteiger partial charge in [-0.25, -0.2) is 0 Å². The number of rotatable bonds is 6. The van der Waals surface area contributed by atoms with Crippen LogP contribution in [0.1, 0.15) is 92.5 Å². The van der Waals surface area contributed by atoms with Crippen LogP contribution in [0.25, 0.3) is 11.6 Å². The number of hydrogen-bond acceptors (Lipinski definition) is 4. The molecular weight excluding hydrogens is 538 g/mol. The molecule has 0 bridgehead atoms. The monoisotopic (exact) mass is 577 g/mol. The van der Waals surface area contributed by atoms with Crippen molar-refractivity contribution >= 4 is 35.1 Å². The molecule has 2 fully saturated rings. The standard InChI is InChI=1S/C35H39N5O3/c1-21-31(36-22(2)32(21)35(43)40-17-7-9-25(40)20-39-15-5-6-16-39)19-28-27-18-24(12-14-30(27)38-34(28)42)33(41)37-29-13-11-23-8-3-4-10-26(23)29/h3-4,8,10,12,14,18-19,25,29,36H,5-7,9,11,13,15-17,20H2,1-2H3,(H,37,41)(H,38,42)/b28-19-/t25-,29+/m1/s1. The molecular formula is C35H39N5O3. The molecule has 8 nitrogen and oxygen atoms in total. The number of carbonyl (C=O) groups excluding carboxylic acids is 3. The first kappa shape index (κ1) is 27.7. The molecule has 43 heavy (non-hydrogen) atoms. The highest BCUT2D eigenvalue weighted by molar-refractivity contribution is 6.35. The van der Waals surface area contributed by atoms with Crippen LogP contribution in [-0.4, -0.2) is 64.7 Å². The molecule has 0 saturated carbocycles. The lowest BCUT2D eigenvalue weighted by Crippen LogP contribution is -2.42. The number of nitrogens with zero attached hydrogens (tertiary/aromatic N) is 2. The summed E-state index contributed by atoms with van der Waals surface area (Å²) in [5.74, 6) is -0.305. The maximum atomic E-state index is 13.9. The van der Waals surface area contributed by atoms with Gasteiger partial charge < -0.3 is 25.4 Å². The minimum absolute atomic E-state index is 0.0159. The summed E-state index contributed by atoms with van der Waals surface area (Å²) in [5.41, 5.74) is 7.91. The fourth-order valence-corrected chi connectivity index (χ4v) is 7.50. The lowest BCUT2D eigenvalue weighted by Gasteiger charge is -2.28. The van der Waals surface area contributed by atoms with Gasteiger partial charge in [0.15, 0.2) is 0 Å². The molecule has 3 aromatic rings. The molecule has 0 spiro atoms. The first-order valence-electron chi connectivity index (χ1n) is 15.7. The largest absolute Gasteiger partial charge is 0.358 e. The Balaban J connectivity index is 1.13. The van der Waals surface area contributed by atoms with E-state index in [4.69, 9.17) is 0 Å². The fourth-order valence-electron chi connectivity index (χ4n) is 7.50. The lowest BCUT2D eigenvalue weighted by molar-refractivity contribution is -0.110. The zero-order valence-electron chi connectivity index (χ0n) is 25.0. The average molecular weight is 578 g/mol. The molecule has 2 saturated heterocycles. The van der Waals surface area contributed by atoms with Crippen molar-refractivity contribution < 1.29 is 14.4 Å². The topological polar surface area (TPSA) is 97.5 Å². The Labute approximate surface area is 252 Å². The van der Waals surface area contributed by atoms with E-state index in [1.165, 1.54) is 24.0 Å². The van der Waals surface area contributed by atoms with Crippen LogP contribution in [0.3, 0.4) is 0 Å². The van der Waals surface area contributed by atoms with Crippen molar-refractivity contribution in [3.8, 4) is 0 Å². The smallest absolute Gasteiger partial charge is 0.256 e. The van der Waals surface area contributed by atoms with Crippen LogP contribution in [0.4, 0.5) is 5.69 Å². The summed E-state index contributed by atoms with van der Waals surface area (Å²) in [6.45, 7) is 7.86. The maximum absolute atomic E-state index is 13.9. The predicted octanol–water partition coefficient (Wildman–Crippen LogP) is 5.24. The van der Waals surface area contributed by atoms with E-state index in [-0.39, 0.29) is 29.8 Å². The van der Waals surface area contributed by atoms with Crippen LogP contribution in [0, 0.1) is 13.8 Å². The van der Waals surface area contributed by atoms with Gasteiger partial charge in [-0.15, -0.1) is 0 Å². The number of hydrogen-bond donors (Lipinski definition) is 3. The number of benzene rings is 2. The maximum Gasteiger partial charge on any atom is 0.256 e. The second kappa shape index (κ2) is 11.2. The lowest BCUT2D eigenvalue weighted by atomic mass is 10.0. The zero-order valence-corrected chi connectivity index (χ0v) is 25.0. The molecule has 1 aliphatic carbocycles. The Morgan fingerprint density at radius 3 is 2.67 bits per heavy atom. The highest BCUT2D eigenvalue weighted by Crippen LogP contribution is 2.36. The van der Waals surface area contributed by atoms with E-state index in [0.29, 0.717) is 28.0 Å². The quantitative estimate of drug-likeness (QED) is 0.349. The minimum Gasteiger partial charge on any atom is -0.358 e. The molecule has 3 N–H and O–H groups in total. The summed E-state index contributed by atoms with van der Waals surface area (Å²) >= 11 is 0. The van der Waals surface area contributed by atoms with Gasteiger partial charge in [-0.3, -0.25) is 14.4 Å². The third-order valence-electron chi connectivity index (χ3n) is 9.79. The van der Waals surface area contributed by atoms with Gasteiger partial charge in [-0.05, 0) is 106 Å². The minimum atomic E-state index is -0.220. The van der Waals surface area contributed by atoms with E-state index in [1.54, 1.807) is 18.2 Å². The van der Waals surface area contributed by atoms with Crippen LogP contribution in [-0.2, 0) is 11.2 Å². The van der Waals surface area contributed by atoms with E-state index < -0.39 is 0 Å². The molecule has 222 valence electrons. The number of aromatic nitrogens is 1. The normalized spacial score (nSPS) is 22.2. The highest BCUT2D eigenvalue weighted by atomic mass is 16.2. The van der Waals surface area contributed by atoms with E-state index in [2.05, 4.69) is 37.6 Å². The SMILES string of the molecule is Cc1[nH]c(/C=C2\C(=O)Nc3ccc(C(=O)N[C@H]4CCc5ccccc54)cc32)c(C)c1C(=O)N1CCC[C@@H]1CN1CCCC1. The van der Waals surface area contributed by atoms with Crippen molar-refractivity contribution in [3.63, 3.8) is 0 Å². The molecule has 3 aliphatic heterocycles. The predicted molar refractivity (Wildman–Crippen MR) is 168 cm³/mol. The summed E-state index contributed by atoms with van der Waals surface area (Å²) in [6.07, 6.45) is 8.21. The Kier molecular flexibility index (Phi) is 7.17. The molecule has 4 heterocycles. The Bertz CT molecular complexity index is 1650. The van der Waals surface area contributed by atoms with Crippen LogP contribution in [0.15, 0.2) is 42.5 Å². The highest BCUT2D eigenvalue weighted by Gasteiger charge is 2.34. The number of nitrogens with one attached hydrogen (secondary N) is 3. The molecule has 0 radical (unpaired) electrons. The van der Waals surface area contributed by atoms with Crippen molar-refractivity contribution in [1.29, 1.82) is 0 Å². The van der Waals surface area contributed by atoms with Crippen molar-refractivity contribution in [2.45, 2.75) is 64.5 Å². The van der Waals surface area contributed by atoms with Gasteiger partial charge in [-0.1, -0.05) is 24.3 Å². The van der Waals surface area contributed by atoms with E-state index in [0.717, 1.165) is 68.8 Å². The molecule has 2 aromatic carbocycles. The third-order valence-corrected chi connectivity index (χ3v) is 9.79. The molecule has 8 heteroatoms. The van der Waals surface area contributed by atoms with Crippen molar-refractivity contribution in [3.05, 3.63) is 87.2 Å². The number of aromatic amines is 1. The fraction of sp³-hybridized carbons (Fsp3) is 0.400. The third kappa shape index (κ3) is 5.07. The number of likely N-dealkylation sites (tertiary alicyclic amines) is 2. The molecule has 1 aromatic heterocycles. The number of anilines is 1. The van der Waals surface area contributed by atoms with Crippen molar-refractivity contribution in [1.82, 2.24) is 20.1 Å². The van der Waals surface area contributed by atoms with Crippen molar-refractivity contribution in [2.24, 2.45) is 0 Å². The average Bonchev–Trinajstić information content (AvgIpc) is 3.83. The summed E-state index contributed by atoms with van der Waals surface area (Å²) in [7, 11) is 0. The summed E-state index contributed by atoms with van der Waals surface area (Å²) in [5, 5.41) is 6.12. The zero-order chi connectivity index (χ0) is 29.7. The number of amides is 3. The first-order chi connectivity index (χ1) is 20.9. The van der Waals surface area contributed by atoms with Gasteiger partial charge >= 0.3 is 0 Å². The second-order valence-corrected chi connectivity index (χ2v) is 12.5. The van der Waals surface area contributed by atoms with Gasteiger partial charge in [-0.2, -0.15) is 0 Å². The number of fused-ring (bicyclic) bond motifs is 2. The molecule has 3 amide bonds. The molecule has 4 aliphatic rings. The molecule has 7 rings (SSSR count). The van der Waals surface area contributed by atoms with E-state index >= 15 is 0 Å². The summed E-state index contributed by atoms with van der Waals surface area (Å²) in [4.78, 5) is 48.2. The van der Waals surface area contributed by atoms with Gasteiger partial charge in [0.2, 0.25) is 0 Å². The molecule has 0 unspecified atom stereocenters. The van der Waals surface area contributed by atoms with Gasteiger partial charge in [0.25, 0.3) is 17.7 Å². The van der Waals surface area contributed by atoms with Gasteiger partial charge in [0.1, 0.15) is 0 Å². The van der Waals surface area contributed by atoms with Gasteiger partial charge in [0.05, 0.1) is 17.2 Å². The Hall–Kier alpha value is -4.17. The van der Waals surface area contributed by atoms with Crippen molar-refractivity contribution in [2.75, 3.05) is 31.5 Å². The van der Waals surface area contributed by atoms with Crippen LogP contribution < -0.4 is 10.6 Å². The van der Waals surface area contributed by atoms with E-state index in [9.17, 15) is 14.4 Å². The van der Waals surface area contributed by atoms with Gasteiger partial charge in [0, 0.05) is 47.3 Å². The van der Waals surface area contributed by atoms with Crippen LogP contribution in [0.5, 0.6) is 0 Å². The first-order valence-corrected chi connectivity index (χ1v) is 15.7. The second-order valence-electron chi connectivity index (χ2n) is 12.5.